The number of nitrogens with one attached hydrogen (secondary N) is 1. The number of aromatic nitrogens is 2. The molecule has 150 valence electrons. The zero-order valence-corrected chi connectivity index (χ0v) is 17.8. The topological polar surface area (TPSA) is 49.6 Å². The molecule has 3 aromatic heterocycles. The van der Waals surface area contributed by atoms with Gasteiger partial charge < -0.3 is 10.2 Å². The van der Waals surface area contributed by atoms with E-state index in [0.29, 0.717) is 5.92 Å². The van der Waals surface area contributed by atoms with Crippen molar-refractivity contribution in [3.8, 4) is 0 Å². The summed E-state index contributed by atoms with van der Waals surface area (Å²) in [6, 6.07) is 10.4. The number of hydrogen-bond donors (Lipinski definition) is 1. The maximum atomic E-state index is 12.8. The number of hydrogen-bond acceptors (Lipinski definition) is 5. The Bertz CT molecular complexity index is 1030. The summed E-state index contributed by atoms with van der Waals surface area (Å²) in [5, 5.41) is 6.37. The first-order valence-corrected chi connectivity index (χ1v) is 11.8. The summed E-state index contributed by atoms with van der Waals surface area (Å²) in [5.74, 6) is 0.597. The van der Waals surface area contributed by atoms with Gasteiger partial charge in [0.25, 0.3) is 5.91 Å². The van der Waals surface area contributed by atoms with Crippen LogP contribution in [0.3, 0.4) is 0 Å². The van der Waals surface area contributed by atoms with E-state index in [2.05, 4.69) is 37.1 Å². The summed E-state index contributed by atoms with van der Waals surface area (Å²) in [6.45, 7) is 4.16. The molecule has 0 radical (unpaired) electrons. The van der Waals surface area contributed by atoms with E-state index in [1.54, 1.807) is 0 Å². The van der Waals surface area contributed by atoms with E-state index >= 15 is 0 Å². The van der Waals surface area contributed by atoms with Gasteiger partial charge >= 0.3 is 0 Å². The maximum Gasteiger partial charge on any atom is 0.258 e. The molecule has 0 spiro atoms. The standard InChI is InChI=1S/C22H24N4OS2/c27-22(19-13-17-15-23-20-4-1-5-21(29-19)26(17)20)24-14-16-6-9-25(10-7-16)11-8-18-3-2-12-28-18/h1-5,12-13,15-16H,6-11,14H2,(H,24,27). The lowest BCUT2D eigenvalue weighted by Gasteiger charge is -2.32. The Kier molecular flexibility index (Phi) is 5.44. The molecule has 1 saturated heterocycles. The van der Waals surface area contributed by atoms with Crippen molar-refractivity contribution in [2.75, 3.05) is 26.2 Å². The normalized spacial score (nSPS) is 17.4. The van der Waals surface area contributed by atoms with Crippen molar-refractivity contribution < 1.29 is 4.79 Å². The fourth-order valence-corrected chi connectivity index (χ4v) is 5.76. The SMILES string of the molecule is O=C(NCC1CCN(CCc2cccs2)CC1)C1=Cc2cnc3cccc(n23)S1. The number of imidazole rings is 1. The molecule has 5 rings (SSSR count). The second kappa shape index (κ2) is 8.34. The number of amides is 1. The van der Waals surface area contributed by atoms with Crippen LogP contribution >= 0.6 is 23.1 Å². The third kappa shape index (κ3) is 4.13. The van der Waals surface area contributed by atoms with Gasteiger partial charge in [-0.3, -0.25) is 9.20 Å². The second-order valence-corrected chi connectivity index (χ2v) is 9.77. The van der Waals surface area contributed by atoms with Crippen LogP contribution in [0.15, 0.2) is 51.8 Å². The molecular formula is C22H24N4OS2. The summed E-state index contributed by atoms with van der Waals surface area (Å²) in [7, 11) is 0. The van der Waals surface area contributed by atoms with Crippen molar-refractivity contribution in [1.29, 1.82) is 0 Å². The molecule has 5 heterocycles. The lowest BCUT2D eigenvalue weighted by molar-refractivity contribution is -0.117. The summed E-state index contributed by atoms with van der Waals surface area (Å²) < 4.78 is 2.09. The van der Waals surface area contributed by atoms with Crippen LogP contribution in [0.4, 0.5) is 0 Å². The molecule has 0 saturated carbocycles. The molecule has 29 heavy (non-hydrogen) atoms. The van der Waals surface area contributed by atoms with Gasteiger partial charge in [-0.15, -0.1) is 11.3 Å². The Hall–Kier alpha value is -2.09. The average Bonchev–Trinajstić information content (AvgIpc) is 3.42. The number of pyridine rings is 1. The molecular weight excluding hydrogens is 400 g/mol. The van der Waals surface area contributed by atoms with Crippen molar-refractivity contribution in [3.63, 3.8) is 0 Å². The zero-order valence-electron chi connectivity index (χ0n) is 16.2. The fraction of sp³-hybridized carbons (Fsp3) is 0.364. The highest BCUT2D eigenvalue weighted by Gasteiger charge is 2.23. The Balaban J connectivity index is 1.11. The Labute approximate surface area is 178 Å². The van der Waals surface area contributed by atoms with Crippen molar-refractivity contribution in [3.05, 3.63) is 57.4 Å². The summed E-state index contributed by atoms with van der Waals surface area (Å²) in [5.41, 5.74) is 1.89. The van der Waals surface area contributed by atoms with Gasteiger partial charge in [-0.1, -0.05) is 23.9 Å². The Morgan fingerprint density at radius 2 is 2.10 bits per heavy atom. The molecule has 0 atom stereocenters. The highest BCUT2D eigenvalue weighted by Crippen LogP contribution is 2.34. The number of carbonyl (C=O) groups excluding carboxylic acids is 1. The molecule has 1 fully saturated rings. The van der Waals surface area contributed by atoms with E-state index in [1.165, 1.54) is 16.6 Å². The molecule has 0 unspecified atom stereocenters. The zero-order chi connectivity index (χ0) is 19.6. The van der Waals surface area contributed by atoms with Crippen LogP contribution in [0, 0.1) is 5.92 Å². The minimum atomic E-state index is 0.0274. The van der Waals surface area contributed by atoms with Crippen LogP contribution in [0.25, 0.3) is 11.7 Å². The van der Waals surface area contributed by atoms with Crippen LogP contribution in [-0.2, 0) is 11.2 Å². The number of likely N-dealkylation sites (tertiary alicyclic amines) is 1. The molecule has 2 aliphatic heterocycles. The maximum absolute atomic E-state index is 12.8. The summed E-state index contributed by atoms with van der Waals surface area (Å²) in [4.78, 5) is 21.9. The van der Waals surface area contributed by atoms with Crippen LogP contribution in [0.1, 0.15) is 23.4 Å². The first kappa shape index (κ1) is 18.9. The molecule has 0 aromatic carbocycles. The fourth-order valence-electron chi connectivity index (χ4n) is 4.06. The molecule has 1 N–H and O–H groups in total. The van der Waals surface area contributed by atoms with Crippen molar-refractivity contribution >= 4 is 40.7 Å². The van der Waals surface area contributed by atoms with E-state index in [0.717, 1.165) is 66.7 Å². The lowest BCUT2D eigenvalue weighted by Crippen LogP contribution is -2.39. The second-order valence-electron chi connectivity index (χ2n) is 7.68. The number of thiophene rings is 1. The minimum Gasteiger partial charge on any atom is -0.351 e. The van der Waals surface area contributed by atoms with Gasteiger partial charge in [-0.2, -0.15) is 0 Å². The minimum absolute atomic E-state index is 0.0274. The van der Waals surface area contributed by atoms with Crippen LogP contribution in [-0.4, -0.2) is 46.4 Å². The largest absolute Gasteiger partial charge is 0.351 e. The van der Waals surface area contributed by atoms with E-state index in [4.69, 9.17) is 0 Å². The molecule has 7 heteroatoms. The van der Waals surface area contributed by atoms with Crippen molar-refractivity contribution in [2.24, 2.45) is 5.92 Å². The number of nitrogens with zero attached hydrogens (tertiary/aromatic N) is 3. The quantitative estimate of drug-likeness (QED) is 0.652. The van der Waals surface area contributed by atoms with Crippen LogP contribution < -0.4 is 5.32 Å². The molecule has 2 aliphatic rings. The van der Waals surface area contributed by atoms with Gasteiger partial charge in [-0.05, 0) is 67.9 Å². The summed E-state index contributed by atoms with van der Waals surface area (Å²) >= 11 is 3.36. The van der Waals surface area contributed by atoms with Crippen LogP contribution in [0.5, 0.6) is 0 Å². The lowest BCUT2D eigenvalue weighted by atomic mass is 9.96. The number of carbonyl (C=O) groups is 1. The molecule has 0 aliphatic carbocycles. The first-order valence-electron chi connectivity index (χ1n) is 10.2. The monoisotopic (exact) mass is 424 g/mol. The van der Waals surface area contributed by atoms with Crippen molar-refractivity contribution in [2.45, 2.75) is 24.3 Å². The average molecular weight is 425 g/mol. The van der Waals surface area contributed by atoms with E-state index in [1.807, 2.05) is 41.8 Å². The van der Waals surface area contributed by atoms with E-state index in [9.17, 15) is 4.79 Å². The molecule has 3 aromatic rings. The predicted molar refractivity (Wildman–Crippen MR) is 119 cm³/mol. The van der Waals surface area contributed by atoms with Gasteiger partial charge in [0.1, 0.15) is 5.65 Å². The third-order valence-corrected chi connectivity index (χ3v) is 7.74. The Morgan fingerprint density at radius 1 is 1.21 bits per heavy atom. The van der Waals surface area contributed by atoms with E-state index < -0.39 is 0 Å². The highest BCUT2D eigenvalue weighted by atomic mass is 32.2. The third-order valence-electron chi connectivity index (χ3n) is 5.75. The first-order chi connectivity index (χ1) is 14.3. The van der Waals surface area contributed by atoms with Gasteiger partial charge in [0.2, 0.25) is 0 Å². The van der Waals surface area contributed by atoms with Gasteiger partial charge in [0.15, 0.2) is 0 Å². The smallest absolute Gasteiger partial charge is 0.258 e. The molecule has 1 amide bonds. The number of piperidine rings is 1. The van der Waals surface area contributed by atoms with E-state index in [-0.39, 0.29) is 5.91 Å². The summed E-state index contributed by atoms with van der Waals surface area (Å²) in [6.07, 6.45) is 7.23. The van der Waals surface area contributed by atoms with Gasteiger partial charge in [0, 0.05) is 18.0 Å². The highest BCUT2D eigenvalue weighted by molar-refractivity contribution is 8.04. The molecule has 0 bridgehead atoms. The Morgan fingerprint density at radius 3 is 2.93 bits per heavy atom. The van der Waals surface area contributed by atoms with Crippen molar-refractivity contribution in [1.82, 2.24) is 19.6 Å². The number of thioether (sulfide) groups is 1. The van der Waals surface area contributed by atoms with Gasteiger partial charge in [-0.25, -0.2) is 4.98 Å². The number of rotatable bonds is 6. The molecule has 5 nitrogen and oxygen atoms in total. The van der Waals surface area contributed by atoms with Gasteiger partial charge in [0.05, 0.1) is 21.8 Å². The predicted octanol–water partition coefficient (Wildman–Crippen LogP) is 3.91. The van der Waals surface area contributed by atoms with Crippen LogP contribution in [0.2, 0.25) is 0 Å².